The molecule has 2 heterocycles. The minimum atomic E-state index is -0.823. The number of carbonyl (C=O) groups excluding carboxylic acids is 4. The van der Waals surface area contributed by atoms with E-state index in [9.17, 15) is 33.2 Å². The SMILES string of the molecule is CC(Oc1ccc(Cl)cc1NC(N)=O)C(=O)N1CCC(C#N)(Cc2ccc(F)cc2)CC1.CC1(Cc2ccc(F)cc2)CCN(C(=O)COc2ccc(Cl)cc2NC(N)=O)CC1. The van der Waals surface area contributed by atoms with Crippen molar-refractivity contribution in [2.75, 3.05) is 43.4 Å². The Kier molecular flexibility index (Phi) is 16.0. The van der Waals surface area contributed by atoms with E-state index in [0.717, 1.165) is 30.4 Å². The summed E-state index contributed by atoms with van der Waals surface area (Å²) in [4.78, 5) is 51.4. The molecule has 2 fully saturated rings. The molecule has 6 rings (SSSR count). The van der Waals surface area contributed by atoms with Gasteiger partial charge in [0.15, 0.2) is 12.7 Å². The topological polar surface area (TPSA) is 193 Å². The number of rotatable bonds is 12. The van der Waals surface area contributed by atoms with Gasteiger partial charge in [0.25, 0.3) is 11.8 Å². The molecule has 1 unspecified atom stereocenters. The summed E-state index contributed by atoms with van der Waals surface area (Å²) in [5.74, 6) is -0.307. The lowest BCUT2D eigenvalue weighted by Crippen LogP contribution is -2.47. The van der Waals surface area contributed by atoms with Gasteiger partial charge in [-0.1, -0.05) is 54.4 Å². The van der Waals surface area contributed by atoms with Crippen molar-refractivity contribution in [3.63, 3.8) is 0 Å². The van der Waals surface area contributed by atoms with E-state index in [-0.39, 0.29) is 46.9 Å². The van der Waals surface area contributed by atoms with Gasteiger partial charge in [-0.25, -0.2) is 18.4 Å². The highest BCUT2D eigenvalue weighted by Crippen LogP contribution is 2.37. The number of nitrogens with zero attached hydrogens (tertiary/aromatic N) is 3. The molecule has 0 aliphatic carbocycles. The van der Waals surface area contributed by atoms with Gasteiger partial charge in [-0.15, -0.1) is 0 Å². The van der Waals surface area contributed by atoms with Gasteiger partial charge in [-0.05, 0) is 123 Å². The Morgan fingerprint density at radius 3 is 1.71 bits per heavy atom. The molecule has 62 heavy (non-hydrogen) atoms. The number of nitriles is 1. The van der Waals surface area contributed by atoms with Crippen molar-refractivity contribution in [1.82, 2.24) is 9.80 Å². The number of hydrogen-bond acceptors (Lipinski definition) is 7. The van der Waals surface area contributed by atoms with E-state index in [1.807, 2.05) is 12.1 Å². The van der Waals surface area contributed by atoms with Gasteiger partial charge in [0, 0.05) is 36.2 Å². The van der Waals surface area contributed by atoms with Gasteiger partial charge < -0.3 is 41.4 Å². The summed E-state index contributed by atoms with van der Waals surface area (Å²) in [6.07, 6.45) is 3.25. The Morgan fingerprint density at radius 1 is 0.742 bits per heavy atom. The zero-order valence-corrected chi connectivity index (χ0v) is 35.9. The Morgan fingerprint density at radius 2 is 1.21 bits per heavy atom. The Hall–Kier alpha value is -6.11. The molecule has 2 aliphatic heterocycles. The second kappa shape index (κ2) is 21.1. The minimum Gasteiger partial charge on any atom is -0.482 e. The summed E-state index contributed by atoms with van der Waals surface area (Å²) in [6, 6.07) is 22.9. The molecule has 4 aromatic carbocycles. The molecule has 0 spiro atoms. The van der Waals surface area contributed by atoms with E-state index >= 15 is 0 Å². The van der Waals surface area contributed by atoms with Crippen molar-refractivity contribution in [3.8, 4) is 17.6 Å². The number of hydrogen-bond donors (Lipinski definition) is 4. The largest absolute Gasteiger partial charge is 0.482 e. The Bertz CT molecular complexity index is 2260. The summed E-state index contributed by atoms with van der Waals surface area (Å²) in [5, 5.41) is 15.5. The van der Waals surface area contributed by atoms with Gasteiger partial charge in [0.05, 0.1) is 22.9 Å². The van der Waals surface area contributed by atoms with Crippen molar-refractivity contribution in [2.45, 2.75) is 58.5 Å². The number of anilines is 2. The molecule has 13 nitrogen and oxygen atoms in total. The van der Waals surface area contributed by atoms with E-state index in [0.29, 0.717) is 66.9 Å². The smallest absolute Gasteiger partial charge is 0.316 e. The number of piperidine rings is 2. The highest BCUT2D eigenvalue weighted by atomic mass is 35.5. The van der Waals surface area contributed by atoms with Crippen molar-refractivity contribution < 1.29 is 37.4 Å². The summed E-state index contributed by atoms with van der Waals surface area (Å²) in [6.45, 7) is 5.76. The van der Waals surface area contributed by atoms with Crippen LogP contribution < -0.4 is 31.6 Å². The lowest BCUT2D eigenvalue weighted by atomic mass is 9.75. The van der Waals surface area contributed by atoms with Gasteiger partial charge in [-0.2, -0.15) is 5.26 Å². The van der Waals surface area contributed by atoms with E-state index in [4.69, 9.17) is 44.1 Å². The van der Waals surface area contributed by atoms with Crippen LogP contribution in [0.4, 0.5) is 29.7 Å². The first kappa shape index (κ1) is 46.9. The van der Waals surface area contributed by atoms with Crippen molar-refractivity contribution in [3.05, 3.63) is 118 Å². The van der Waals surface area contributed by atoms with Crippen LogP contribution in [0.3, 0.4) is 0 Å². The van der Waals surface area contributed by atoms with E-state index in [1.54, 1.807) is 53.1 Å². The molecular weight excluding hydrogens is 843 g/mol. The van der Waals surface area contributed by atoms with Crippen molar-refractivity contribution >= 4 is 58.5 Å². The quantitative estimate of drug-likeness (QED) is 0.110. The molecule has 1 atom stereocenters. The lowest BCUT2D eigenvalue weighted by molar-refractivity contribution is -0.140. The second-order valence-corrected chi connectivity index (χ2v) is 16.7. The Balaban J connectivity index is 0.000000235. The van der Waals surface area contributed by atoms with E-state index < -0.39 is 23.6 Å². The Labute approximate surface area is 369 Å². The molecule has 0 saturated carbocycles. The first-order chi connectivity index (χ1) is 29.4. The van der Waals surface area contributed by atoms with Gasteiger partial charge >= 0.3 is 12.1 Å². The molecule has 0 aromatic heterocycles. The molecular formula is C45H49Cl2F2N7O6. The summed E-state index contributed by atoms with van der Waals surface area (Å²) < 4.78 is 37.7. The third-order valence-corrected chi connectivity index (χ3v) is 11.5. The highest BCUT2D eigenvalue weighted by Gasteiger charge is 2.38. The fourth-order valence-corrected chi connectivity index (χ4v) is 7.81. The number of ether oxygens (including phenoxy) is 2. The summed E-state index contributed by atoms with van der Waals surface area (Å²) >= 11 is 11.9. The molecule has 328 valence electrons. The summed E-state index contributed by atoms with van der Waals surface area (Å²) in [5.41, 5.74) is 12.4. The van der Waals surface area contributed by atoms with Gasteiger partial charge in [-0.3, -0.25) is 9.59 Å². The number of urea groups is 2. The maximum atomic E-state index is 13.2. The number of halogens is 4. The lowest BCUT2D eigenvalue weighted by Gasteiger charge is -2.39. The average molecular weight is 893 g/mol. The highest BCUT2D eigenvalue weighted by molar-refractivity contribution is 6.31. The normalized spacial score (nSPS) is 15.8. The zero-order valence-electron chi connectivity index (χ0n) is 34.4. The molecule has 0 bridgehead atoms. The number of nitrogens with two attached hydrogens (primary N) is 2. The molecule has 2 aliphatic rings. The monoisotopic (exact) mass is 891 g/mol. The van der Waals surface area contributed by atoms with Crippen LogP contribution in [0.25, 0.3) is 0 Å². The fraction of sp³-hybridized carbons (Fsp3) is 0.356. The second-order valence-electron chi connectivity index (χ2n) is 15.8. The standard InChI is InChI=1S/C23H24ClFN4O3.C22H25ClFN3O3/c1-15(32-20-7-4-17(24)12-19(20)28-22(27)31)21(30)29-10-8-23(14-26,9-11-29)13-16-2-5-18(25)6-3-16;1-22(13-15-2-5-17(24)6-3-15)8-10-27(11-9-22)20(28)14-30-19-7-4-16(23)12-18(19)26-21(25)29/h2-7,12,15H,8-11,13H2,1H3,(H3,27,28,31);2-7,12H,8-11,13-14H2,1H3,(H3,25,26,29). The predicted octanol–water partition coefficient (Wildman–Crippen LogP) is 8.33. The van der Waals surface area contributed by atoms with Crippen LogP contribution in [0.5, 0.6) is 11.5 Å². The van der Waals surface area contributed by atoms with Crippen LogP contribution in [0.1, 0.15) is 50.7 Å². The van der Waals surface area contributed by atoms with Crippen molar-refractivity contribution in [2.24, 2.45) is 22.3 Å². The van der Waals surface area contributed by atoms with Crippen LogP contribution in [-0.2, 0) is 22.4 Å². The maximum absolute atomic E-state index is 13.2. The first-order valence-corrected chi connectivity index (χ1v) is 20.7. The van der Waals surface area contributed by atoms with Crippen LogP contribution in [-0.4, -0.2) is 72.6 Å². The number of benzene rings is 4. The van der Waals surface area contributed by atoms with Crippen LogP contribution in [0.2, 0.25) is 10.0 Å². The molecule has 6 N–H and O–H groups in total. The van der Waals surface area contributed by atoms with Gasteiger partial charge in [0.1, 0.15) is 23.1 Å². The summed E-state index contributed by atoms with van der Waals surface area (Å²) in [7, 11) is 0. The van der Waals surface area contributed by atoms with Crippen LogP contribution in [0.15, 0.2) is 84.9 Å². The molecule has 17 heteroatoms. The van der Waals surface area contributed by atoms with E-state index in [2.05, 4.69) is 23.6 Å². The number of likely N-dealkylation sites (tertiary alicyclic amines) is 2. The van der Waals surface area contributed by atoms with Crippen LogP contribution in [0, 0.1) is 33.8 Å². The van der Waals surface area contributed by atoms with Gasteiger partial charge in [0.2, 0.25) is 0 Å². The molecule has 0 radical (unpaired) electrons. The third kappa shape index (κ3) is 13.4. The first-order valence-electron chi connectivity index (χ1n) is 19.9. The predicted molar refractivity (Wildman–Crippen MR) is 233 cm³/mol. The number of amides is 6. The fourth-order valence-electron chi connectivity index (χ4n) is 7.47. The number of primary amides is 2. The molecule has 4 aromatic rings. The minimum absolute atomic E-state index is 0.0597. The number of nitrogens with one attached hydrogen (secondary N) is 2. The maximum Gasteiger partial charge on any atom is 0.316 e. The van der Waals surface area contributed by atoms with Crippen molar-refractivity contribution in [1.29, 1.82) is 5.26 Å². The molecule has 2 saturated heterocycles. The zero-order chi connectivity index (χ0) is 45.0. The van der Waals surface area contributed by atoms with E-state index in [1.165, 1.54) is 36.4 Å². The average Bonchev–Trinajstić information content (AvgIpc) is 3.23. The van der Waals surface area contributed by atoms with Crippen LogP contribution >= 0.6 is 23.2 Å². The third-order valence-electron chi connectivity index (χ3n) is 11.0. The number of carbonyl (C=O) groups is 4. The molecule has 6 amide bonds.